The summed E-state index contributed by atoms with van der Waals surface area (Å²) in [5.41, 5.74) is 1.11. The van der Waals surface area contributed by atoms with E-state index < -0.39 is 0 Å². The third-order valence-electron chi connectivity index (χ3n) is 2.50. The van der Waals surface area contributed by atoms with E-state index in [0.29, 0.717) is 12.8 Å². The minimum atomic E-state index is -0.355. The zero-order valence-corrected chi connectivity index (χ0v) is 12.2. The van der Waals surface area contributed by atoms with Gasteiger partial charge in [-0.3, -0.25) is 0 Å². The van der Waals surface area contributed by atoms with Crippen molar-refractivity contribution in [2.24, 2.45) is 0 Å². The van der Waals surface area contributed by atoms with Gasteiger partial charge in [-0.05, 0) is 51.5 Å². The summed E-state index contributed by atoms with van der Waals surface area (Å²) < 4.78 is 1.08. The smallest absolute Gasteiger partial charge is 0.0629 e. The fourth-order valence-electron chi connectivity index (χ4n) is 1.65. The molecule has 1 aromatic heterocycles. The predicted molar refractivity (Wildman–Crippen MR) is 76.9 cm³/mol. The molecule has 1 unspecified atom stereocenters. The quantitative estimate of drug-likeness (QED) is 0.885. The van der Waals surface area contributed by atoms with Gasteiger partial charge in [-0.1, -0.05) is 23.7 Å². The standard InChI is InChI=1S/C13H12BrClOS/c14-12-5-6-17-13(12)8-11(16)7-9-1-3-10(15)4-2-9/h1-6,11,16H,7-8H2. The average molecular weight is 332 g/mol. The Balaban J connectivity index is 1.95. The van der Waals surface area contributed by atoms with Crippen LogP contribution in [0.5, 0.6) is 0 Å². The molecule has 90 valence electrons. The number of rotatable bonds is 4. The summed E-state index contributed by atoms with van der Waals surface area (Å²) in [5.74, 6) is 0. The molecule has 0 amide bonds. The number of aliphatic hydroxyl groups excluding tert-OH is 1. The van der Waals surface area contributed by atoms with Gasteiger partial charge in [-0.2, -0.15) is 0 Å². The molecule has 4 heteroatoms. The highest BCUT2D eigenvalue weighted by atomic mass is 79.9. The van der Waals surface area contributed by atoms with Gasteiger partial charge in [0.1, 0.15) is 0 Å². The summed E-state index contributed by atoms with van der Waals surface area (Å²) in [4.78, 5) is 1.19. The molecule has 0 saturated heterocycles. The average Bonchev–Trinajstić information content (AvgIpc) is 2.68. The second kappa shape index (κ2) is 6.01. The highest BCUT2D eigenvalue weighted by molar-refractivity contribution is 9.10. The number of halogens is 2. The van der Waals surface area contributed by atoms with Gasteiger partial charge in [0.2, 0.25) is 0 Å². The van der Waals surface area contributed by atoms with E-state index in [-0.39, 0.29) is 6.10 Å². The number of benzene rings is 1. The second-order valence-electron chi connectivity index (χ2n) is 3.88. The van der Waals surface area contributed by atoms with Crippen LogP contribution in [0.2, 0.25) is 5.02 Å². The minimum Gasteiger partial charge on any atom is -0.392 e. The maximum absolute atomic E-state index is 10.0. The SMILES string of the molecule is OC(Cc1ccc(Cl)cc1)Cc1sccc1Br. The van der Waals surface area contributed by atoms with Gasteiger partial charge in [-0.25, -0.2) is 0 Å². The van der Waals surface area contributed by atoms with Crippen LogP contribution in [-0.2, 0) is 12.8 Å². The Labute approximate surface area is 118 Å². The van der Waals surface area contributed by atoms with Crippen molar-refractivity contribution in [3.05, 3.63) is 55.6 Å². The molecule has 1 N–H and O–H groups in total. The molecule has 0 aliphatic heterocycles. The predicted octanol–water partition coefficient (Wildman–Crippen LogP) is 4.31. The van der Waals surface area contributed by atoms with Gasteiger partial charge in [0.25, 0.3) is 0 Å². The summed E-state index contributed by atoms with van der Waals surface area (Å²) in [6.45, 7) is 0. The third-order valence-corrected chi connectivity index (χ3v) is 4.70. The van der Waals surface area contributed by atoms with Crippen molar-refractivity contribution in [2.75, 3.05) is 0 Å². The van der Waals surface area contributed by atoms with E-state index in [1.54, 1.807) is 11.3 Å². The van der Waals surface area contributed by atoms with E-state index in [9.17, 15) is 5.11 Å². The summed E-state index contributed by atoms with van der Waals surface area (Å²) in [7, 11) is 0. The van der Waals surface area contributed by atoms with E-state index in [2.05, 4.69) is 15.9 Å². The van der Waals surface area contributed by atoms with E-state index in [4.69, 9.17) is 11.6 Å². The fraction of sp³-hybridized carbons (Fsp3) is 0.231. The van der Waals surface area contributed by atoms with Crippen molar-refractivity contribution < 1.29 is 5.11 Å². The van der Waals surface area contributed by atoms with E-state index in [1.165, 1.54) is 4.88 Å². The monoisotopic (exact) mass is 330 g/mol. The zero-order chi connectivity index (χ0) is 12.3. The number of thiophene rings is 1. The van der Waals surface area contributed by atoms with Crippen LogP contribution in [0.4, 0.5) is 0 Å². The van der Waals surface area contributed by atoms with Crippen LogP contribution < -0.4 is 0 Å². The van der Waals surface area contributed by atoms with Gasteiger partial charge in [0.15, 0.2) is 0 Å². The maximum atomic E-state index is 10.0. The normalized spacial score (nSPS) is 12.6. The first kappa shape index (κ1) is 13.1. The first-order valence-electron chi connectivity index (χ1n) is 5.29. The number of hydrogen-bond acceptors (Lipinski definition) is 2. The molecule has 0 aliphatic carbocycles. The Morgan fingerprint density at radius 3 is 2.47 bits per heavy atom. The maximum Gasteiger partial charge on any atom is 0.0629 e. The Morgan fingerprint density at radius 1 is 1.18 bits per heavy atom. The van der Waals surface area contributed by atoms with Crippen LogP contribution in [0, 0.1) is 0 Å². The Hall–Kier alpha value is -0.350. The molecule has 0 spiro atoms. The molecule has 1 atom stereocenters. The van der Waals surface area contributed by atoms with Crippen LogP contribution in [0.3, 0.4) is 0 Å². The van der Waals surface area contributed by atoms with Gasteiger partial charge < -0.3 is 5.11 Å². The summed E-state index contributed by atoms with van der Waals surface area (Å²) >= 11 is 11.0. The Morgan fingerprint density at radius 2 is 1.88 bits per heavy atom. The lowest BCUT2D eigenvalue weighted by Crippen LogP contribution is -2.13. The minimum absolute atomic E-state index is 0.355. The highest BCUT2D eigenvalue weighted by Crippen LogP contribution is 2.24. The highest BCUT2D eigenvalue weighted by Gasteiger charge is 2.10. The molecule has 0 bridgehead atoms. The third kappa shape index (κ3) is 3.81. The van der Waals surface area contributed by atoms with Crippen LogP contribution in [0.1, 0.15) is 10.4 Å². The fourth-order valence-corrected chi connectivity index (χ4v) is 3.36. The van der Waals surface area contributed by atoms with Gasteiger partial charge >= 0.3 is 0 Å². The van der Waals surface area contributed by atoms with Crippen LogP contribution in [0.15, 0.2) is 40.2 Å². The molecular weight excluding hydrogens is 320 g/mol. The molecule has 0 fully saturated rings. The molecule has 2 aromatic rings. The van der Waals surface area contributed by atoms with Crippen LogP contribution in [-0.4, -0.2) is 11.2 Å². The molecule has 1 nitrogen and oxygen atoms in total. The summed E-state index contributed by atoms with van der Waals surface area (Å²) in [6, 6.07) is 9.62. The molecule has 1 heterocycles. The zero-order valence-electron chi connectivity index (χ0n) is 9.07. The molecular formula is C13H12BrClOS. The van der Waals surface area contributed by atoms with Crippen molar-refractivity contribution in [3.63, 3.8) is 0 Å². The largest absolute Gasteiger partial charge is 0.392 e. The first-order chi connectivity index (χ1) is 8.15. The van der Waals surface area contributed by atoms with E-state index >= 15 is 0 Å². The molecule has 2 rings (SSSR count). The van der Waals surface area contributed by atoms with Crippen LogP contribution >= 0.6 is 38.9 Å². The first-order valence-corrected chi connectivity index (χ1v) is 7.34. The van der Waals surface area contributed by atoms with Gasteiger partial charge in [-0.15, -0.1) is 11.3 Å². The van der Waals surface area contributed by atoms with Crippen molar-refractivity contribution in [1.29, 1.82) is 0 Å². The summed E-state index contributed by atoms with van der Waals surface area (Å²) in [5, 5.41) is 12.8. The lowest BCUT2D eigenvalue weighted by molar-refractivity contribution is 0.176. The molecule has 0 aliphatic rings. The molecule has 1 aromatic carbocycles. The number of hydrogen-bond donors (Lipinski definition) is 1. The van der Waals surface area contributed by atoms with Crippen molar-refractivity contribution in [1.82, 2.24) is 0 Å². The van der Waals surface area contributed by atoms with Crippen LogP contribution in [0.25, 0.3) is 0 Å². The molecule has 0 saturated carbocycles. The number of aliphatic hydroxyl groups is 1. The Bertz CT molecular complexity index is 480. The second-order valence-corrected chi connectivity index (χ2v) is 6.17. The molecule has 17 heavy (non-hydrogen) atoms. The lowest BCUT2D eigenvalue weighted by Gasteiger charge is -2.10. The summed E-state index contributed by atoms with van der Waals surface area (Å²) in [6.07, 6.45) is 0.980. The van der Waals surface area contributed by atoms with E-state index in [0.717, 1.165) is 15.1 Å². The van der Waals surface area contributed by atoms with Crippen molar-refractivity contribution >= 4 is 38.9 Å². The van der Waals surface area contributed by atoms with Crippen molar-refractivity contribution in [2.45, 2.75) is 18.9 Å². The molecule has 0 radical (unpaired) electrons. The van der Waals surface area contributed by atoms with Gasteiger partial charge in [0, 0.05) is 20.8 Å². The lowest BCUT2D eigenvalue weighted by atomic mass is 10.1. The van der Waals surface area contributed by atoms with E-state index in [1.807, 2.05) is 35.7 Å². The van der Waals surface area contributed by atoms with Gasteiger partial charge in [0.05, 0.1) is 6.10 Å². The van der Waals surface area contributed by atoms with Crippen molar-refractivity contribution in [3.8, 4) is 0 Å². The topological polar surface area (TPSA) is 20.2 Å². The Kier molecular flexibility index (Phi) is 4.62.